The van der Waals surface area contributed by atoms with Crippen molar-refractivity contribution in [3.05, 3.63) is 42.1 Å². The van der Waals surface area contributed by atoms with Crippen LogP contribution in [-0.4, -0.2) is 52.3 Å². The Labute approximate surface area is 161 Å². The third kappa shape index (κ3) is 3.51. The second-order valence-corrected chi connectivity index (χ2v) is 7.38. The number of ether oxygens (including phenoxy) is 1. The number of thioether (sulfide) groups is 1. The zero-order chi connectivity index (χ0) is 17.9. The lowest BCUT2D eigenvalue weighted by Crippen LogP contribution is -2.37. The Hall–Kier alpha value is -1.83. The molecule has 0 amide bonds. The Balaban J connectivity index is 1.70. The van der Waals surface area contributed by atoms with Crippen LogP contribution < -0.4 is 4.90 Å². The van der Waals surface area contributed by atoms with E-state index in [1.165, 1.54) is 11.8 Å². The van der Waals surface area contributed by atoms with E-state index in [1.54, 1.807) is 0 Å². The fourth-order valence-electron chi connectivity index (χ4n) is 3.08. The van der Waals surface area contributed by atoms with Crippen LogP contribution >= 0.6 is 23.4 Å². The molecule has 1 aliphatic heterocycles. The zero-order valence-corrected chi connectivity index (χ0v) is 16.1. The van der Waals surface area contributed by atoms with Crippen LogP contribution in [-0.2, 0) is 11.3 Å². The fourth-order valence-corrected chi connectivity index (χ4v) is 3.71. The largest absolute Gasteiger partial charge is 0.378 e. The van der Waals surface area contributed by atoms with E-state index in [0.29, 0.717) is 19.8 Å². The van der Waals surface area contributed by atoms with Crippen molar-refractivity contribution in [1.82, 2.24) is 19.7 Å². The van der Waals surface area contributed by atoms with Crippen molar-refractivity contribution < 1.29 is 4.74 Å². The molecule has 0 saturated carbocycles. The van der Waals surface area contributed by atoms with Gasteiger partial charge in [-0.2, -0.15) is 5.10 Å². The van der Waals surface area contributed by atoms with E-state index in [2.05, 4.69) is 10.00 Å². The number of morpholine rings is 1. The zero-order valence-electron chi connectivity index (χ0n) is 14.5. The molecule has 0 radical (unpaired) electrons. The summed E-state index contributed by atoms with van der Waals surface area (Å²) in [6.07, 6.45) is 3.83. The molecule has 0 spiro atoms. The first-order chi connectivity index (χ1) is 12.8. The molecule has 2 aromatic heterocycles. The number of hydrogen-bond acceptors (Lipinski definition) is 6. The van der Waals surface area contributed by atoms with Gasteiger partial charge in [0.05, 0.1) is 36.7 Å². The molecule has 136 valence electrons. The predicted molar refractivity (Wildman–Crippen MR) is 105 cm³/mol. The standard InChI is InChI=1S/C18H20ClN5OS/c1-26-18-21-16(23-7-9-25-10-8-23)14-11-20-24(17(14)22-18)12-15(19)13-5-3-2-4-6-13/h2-6,11,15H,7-10,12H2,1H3/t15-/m1/s1. The maximum Gasteiger partial charge on any atom is 0.191 e. The Morgan fingerprint density at radius 2 is 1.96 bits per heavy atom. The van der Waals surface area contributed by atoms with Crippen LogP contribution in [0.2, 0.25) is 0 Å². The molecular formula is C18H20ClN5OS. The highest BCUT2D eigenvalue weighted by Crippen LogP contribution is 2.29. The van der Waals surface area contributed by atoms with Gasteiger partial charge in [-0.15, -0.1) is 11.6 Å². The van der Waals surface area contributed by atoms with Gasteiger partial charge >= 0.3 is 0 Å². The number of nitrogens with zero attached hydrogens (tertiary/aromatic N) is 5. The summed E-state index contributed by atoms with van der Waals surface area (Å²) in [6, 6.07) is 10.0. The van der Waals surface area contributed by atoms with Crippen LogP contribution in [0, 0.1) is 0 Å². The van der Waals surface area contributed by atoms with Crippen molar-refractivity contribution in [1.29, 1.82) is 0 Å². The molecule has 0 unspecified atom stereocenters. The lowest BCUT2D eigenvalue weighted by molar-refractivity contribution is 0.122. The molecule has 3 heterocycles. The first kappa shape index (κ1) is 17.6. The van der Waals surface area contributed by atoms with E-state index in [-0.39, 0.29) is 5.38 Å². The number of halogens is 1. The summed E-state index contributed by atoms with van der Waals surface area (Å²) >= 11 is 8.16. The van der Waals surface area contributed by atoms with Crippen LogP contribution in [0.1, 0.15) is 10.9 Å². The van der Waals surface area contributed by atoms with E-state index in [4.69, 9.17) is 26.3 Å². The first-order valence-corrected chi connectivity index (χ1v) is 10.2. The highest BCUT2D eigenvalue weighted by Gasteiger charge is 2.21. The monoisotopic (exact) mass is 389 g/mol. The van der Waals surface area contributed by atoms with Gasteiger partial charge in [-0.25, -0.2) is 14.6 Å². The summed E-state index contributed by atoms with van der Waals surface area (Å²) in [4.78, 5) is 11.7. The minimum Gasteiger partial charge on any atom is -0.378 e. The van der Waals surface area contributed by atoms with Crippen molar-refractivity contribution in [3.8, 4) is 0 Å². The maximum atomic E-state index is 6.62. The van der Waals surface area contributed by atoms with Crippen molar-refractivity contribution in [2.45, 2.75) is 17.1 Å². The van der Waals surface area contributed by atoms with Gasteiger partial charge in [0.15, 0.2) is 10.8 Å². The third-order valence-corrected chi connectivity index (χ3v) is 5.38. The van der Waals surface area contributed by atoms with E-state index in [1.807, 2.05) is 47.5 Å². The van der Waals surface area contributed by atoms with Crippen LogP contribution in [0.5, 0.6) is 0 Å². The summed E-state index contributed by atoms with van der Waals surface area (Å²) in [5.74, 6) is 0.930. The van der Waals surface area contributed by atoms with Crippen LogP contribution in [0.25, 0.3) is 11.0 Å². The van der Waals surface area contributed by atoms with Crippen LogP contribution in [0.3, 0.4) is 0 Å². The van der Waals surface area contributed by atoms with Gasteiger partial charge in [-0.3, -0.25) is 0 Å². The SMILES string of the molecule is CSc1nc(N2CCOCC2)c2cnn(C[C@@H](Cl)c3ccccc3)c2n1. The van der Waals surface area contributed by atoms with E-state index >= 15 is 0 Å². The van der Waals surface area contributed by atoms with Gasteiger partial charge < -0.3 is 9.64 Å². The normalized spacial score (nSPS) is 16.2. The quantitative estimate of drug-likeness (QED) is 0.379. The van der Waals surface area contributed by atoms with Crippen molar-refractivity contribution >= 4 is 40.2 Å². The fraction of sp³-hybridized carbons (Fsp3) is 0.389. The number of fused-ring (bicyclic) bond motifs is 1. The molecular weight excluding hydrogens is 370 g/mol. The van der Waals surface area contributed by atoms with Gasteiger partial charge in [0.25, 0.3) is 0 Å². The lowest BCUT2D eigenvalue weighted by atomic mass is 10.1. The summed E-state index contributed by atoms with van der Waals surface area (Å²) < 4.78 is 7.35. The number of hydrogen-bond donors (Lipinski definition) is 0. The maximum absolute atomic E-state index is 6.62. The molecule has 8 heteroatoms. The smallest absolute Gasteiger partial charge is 0.191 e. The summed E-state index contributed by atoms with van der Waals surface area (Å²) in [6.45, 7) is 3.64. The van der Waals surface area contributed by atoms with E-state index in [0.717, 1.165) is 40.7 Å². The number of anilines is 1. The van der Waals surface area contributed by atoms with Gasteiger partial charge in [0.2, 0.25) is 0 Å². The van der Waals surface area contributed by atoms with Crippen molar-refractivity contribution in [2.75, 3.05) is 37.5 Å². The van der Waals surface area contributed by atoms with Crippen LogP contribution in [0.15, 0.2) is 41.7 Å². The molecule has 26 heavy (non-hydrogen) atoms. The topological polar surface area (TPSA) is 56.1 Å². The average Bonchev–Trinajstić information content (AvgIpc) is 3.11. The molecule has 0 N–H and O–H groups in total. The number of rotatable bonds is 5. The molecule has 4 rings (SSSR count). The number of alkyl halides is 1. The summed E-state index contributed by atoms with van der Waals surface area (Å²) in [5.41, 5.74) is 1.90. The van der Waals surface area contributed by atoms with Crippen molar-refractivity contribution in [3.63, 3.8) is 0 Å². The molecule has 3 aromatic rings. The highest BCUT2D eigenvalue weighted by molar-refractivity contribution is 7.98. The molecule has 6 nitrogen and oxygen atoms in total. The predicted octanol–water partition coefficient (Wildman–Crippen LogP) is 3.36. The minimum absolute atomic E-state index is 0.168. The Bertz CT molecular complexity index is 882. The lowest BCUT2D eigenvalue weighted by Gasteiger charge is -2.28. The minimum atomic E-state index is -0.168. The van der Waals surface area contributed by atoms with Gasteiger partial charge in [0, 0.05) is 13.1 Å². The Kier molecular flexibility index (Phi) is 5.28. The van der Waals surface area contributed by atoms with E-state index < -0.39 is 0 Å². The summed E-state index contributed by atoms with van der Waals surface area (Å²) in [5, 5.41) is 6.09. The number of aromatic nitrogens is 4. The molecule has 1 atom stereocenters. The first-order valence-electron chi connectivity index (χ1n) is 8.55. The molecule has 0 aliphatic carbocycles. The second kappa shape index (κ2) is 7.82. The third-order valence-electron chi connectivity index (χ3n) is 4.44. The van der Waals surface area contributed by atoms with Gasteiger partial charge in [0.1, 0.15) is 5.82 Å². The Morgan fingerprint density at radius 3 is 2.69 bits per heavy atom. The molecule has 1 aliphatic rings. The number of benzene rings is 1. The molecule has 1 aromatic carbocycles. The average molecular weight is 390 g/mol. The Morgan fingerprint density at radius 1 is 1.19 bits per heavy atom. The van der Waals surface area contributed by atoms with Gasteiger partial charge in [-0.05, 0) is 11.8 Å². The van der Waals surface area contributed by atoms with Crippen molar-refractivity contribution in [2.24, 2.45) is 0 Å². The molecule has 1 saturated heterocycles. The summed E-state index contributed by atoms with van der Waals surface area (Å²) in [7, 11) is 0. The molecule has 1 fully saturated rings. The highest BCUT2D eigenvalue weighted by atomic mass is 35.5. The van der Waals surface area contributed by atoms with E-state index in [9.17, 15) is 0 Å². The second-order valence-electron chi connectivity index (χ2n) is 6.08. The van der Waals surface area contributed by atoms with Gasteiger partial charge in [-0.1, -0.05) is 42.1 Å². The van der Waals surface area contributed by atoms with Crippen LogP contribution in [0.4, 0.5) is 5.82 Å². The molecule has 0 bridgehead atoms.